The van der Waals surface area contributed by atoms with Crippen LogP contribution in [0, 0.1) is 11.3 Å². The second kappa shape index (κ2) is 6.56. The summed E-state index contributed by atoms with van der Waals surface area (Å²) in [6.45, 7) is 0. The summed E-state index contributed by atoms with van der Waals surface area (Å²) in [5, 5.41) is 17.1. The molecule has 0 bridgehead atoms. The standard InChI is InChI=1S/C13H11NO2S/c1-17-12-7-5-10(6-8-12)3-2-4-11(9-14)13(15)16/h2-8H,1H3,(H,15,16). The Bertz CT molecular complexity index is 495. The highest BCUT2D eigenvalue weighted by molar-refractivity contribution is 7.98. The van der Waals surface area contributed by atoms with Crippen molar-refractivity contribution in [2.24, 2.45) is 0 Å². The van der Waals surface area contributed by atoms with Crippen LogP contribution < -0.4 is 0 Å². The first-order valence-electron chi connectivity index (χ1n) is 4.83. The molecule has 0 spiro atoms. The number of thioether (sulfide) groups is 1. The van der Waals surface area contributed by atoms with Gasteiger partial charge in [-0.1, -0.05) is 24.3 Å². The minimum absolute atomic E-state index is 0.276. The largest absolute Gasteiger partial charge is 0.477 e. The number of benzene rings is 1. The number of nitrogens with zero attached hydrogens (tertiary/aromatic N) is 1. The normalized spacial score (nSPS) is 11.4. The summed E-state index contributed by atoms with van der Waals surface area (Å²) < 4.78 is 0. The van der Waals surface area contributed by atoms with E-state index in [0.29, 0.717) is 0 Å². The third-order valence-corrected chi connectivity index (χ3v) is 2.76. The number of aliphatic carboxylic acids is 1. The number of hydrogen-bond acceptors (Lipinski definition) is 3. The molecule has 0 saturated heterocycles. The number of hydrogen-bond donors (Lipinski definition) is 1. The molecule has 0 amide bonds. The third-order valence-electron chi connectivity index (χ3n) is 2.02. The van der Waals surface area contributed by atoms with Gasteiger partial charge in [-0.2, -0.15) is 5.26 Å². The summed E-state index contributed by atoms with van der Waals surface area (Å²) in [7, 11) is 0. The van der Waals surface area contributed by atoms with Gasteiger partial charge in [-0.25, -0.2) is 4.79 Å². The van der Waals surface area contributed by atoms with Gasteiger partial charge in [0.15, 0.2) is 0 Å². The van der Waals surface area contributed by atoms with Crippen molar-refractivity contribution in [3.8, 4) is 6.07 Å². The Morgan fingerprint density at radius 1 is 1.41 bits per heavy atom. The third kappa shape index (κ3) is 4.17. The fourth-order valence-corrected chi connectivity index (χ4v) is 1.54. The molecule has 0 radical (unpaired) electrons. The Morgan fingerprint density at radius 2 is 2.06 bits per heavy atom. The molecule has 0 aliphatic carbocycles. The first kappa shape index (κ1) is 13.1. The quantitative estimate of drug-likeness (QED) is 0.383. The maximum Gasteiger partial charge on any atom is 0.346 e. The molecule has 4 heteroatoms. The molecule has 1 N–H and O–H groups in total. The average molecular weight is 245 g/mol. The zero-order chi connectivity index (χ0) is 12.7. The van der Waals surface area contributed by atoms with Crippen LogP contribution in [0.4, 0.5) is 0 Å². The van der Waals surface area contributed by atoms with Crippen LogP contribution in [0.25, 0.3) is 6.08 Å². The summed E-state index contributed by atoms with van der Waals surface area (Å²) in [4.78, 5) is 11.7. The molecule has 0 aliphatic heterocycles. The molecule has 1 aromatic rings. The van der Waals surface area contributed by atoms with Crippen LogP contribution in [-0.4, -0.2) is 17.3 Å². The van der Waals surface area contributed by atoms with E-state index in [1.165, 1.54) is 11.0 Å². The number of carboxylic acid groups (broad SMARTS) is 1. The number of allylic oxidation sites excluding steroid dienone is 2. The molecule has 0 saturated carbocycles. The van der Waals surface area contributed by atoms with Crippen molar-refractivity contribution in [3.05, 3.63) is 47.6 Å². The first-order valence-corrected chi connectivity index (χ1v) is 6.05. The maximum atomic E-state index is 10.5. The summed E-state index contributed by atoms with van der Waals surface area (Å²) in [6.07, 6.45) is 6.59. The Hall–Kier alpha value is -1.99. The van der Waals surface area contributed by atoms with E-state index in [9.17, 15) is 4.79 Å². The highest BCUT2D eigenvalue weighted by Crippen LogP contribution is 2.15. The SMILES string of the molecule is CSc1ccc(C=CC=C(C#N)C(=O)O)cc1. The lowest BCUT2D eigenvalue weighted by molar-refractivity contribution is -0.132. The molecule has 1 aromatic carbocycles. The van der Waals surface area contributed by atoms with Crippen molar-refractivity contribution < 1.29 is 9.90 Å². The van der Waals surface area contributed by atoms with Gasteiger partial charge >= 0.3 is 5.97 Å². The lowest BCUT2D eigenvalue weighted by Crippen LogP contribution is -1.96. The van der Waals surface area contributed by atoms with Gasteiger partial charge in [-0.15, -0.1) is 11.8 Å². The van der Waals surface area contributed by atoms with E-state index in [-0.39, 0.29) is 5.57 Å². The Balaban J connectivity index is 2.77. The highest BCUT2D eigenvalue weighted by atomic mass is 32.2. The molecule has 0 aromatic heterocycles. The monoisotopic (exact) mass is 245 g/mol. The van der Waals surface area contributed by atoms with Gasteiger partial charge in [-0.05, 0) is 30.0 Å². The van der Waals surface area contributed by atoms with E-state index in [0.717, 1.165) is 5.56 Å². The Labute approximate surface area is 104 Å². The molecular formula is C13H11NO2S. The van der Waals surface area contributed by atoms with Gasteiger partial charge in [0, 0.05) is 4.90 Å². The average Bonchev–Trinajstić information content (AvgIpc) is 2.35. The zero-order valence-electron chi connectivity index (χ0n) is 9.25. The van der Waals surface area contributed by atoms with E-state index in [2.05, 4.69) is 0 Å². The molecule has 1 rings (SSSR count). The van der Waals surface area contributed by atoms with Crippen molar-refractivity contribution in [2.75, 3.05) is 6.26 Å². The van der Waals surface area contributed by atoms with Crippen LogP contribution in [0.1, 0.15) is 5.56 Å². The molecule has 17 heavy (non-hydrogen) atoms. The molecular weight excluding hydrogens is 234 g/mol. The summed E-state index contributed by atoms with van der Waals surface area (Å²) in [5.74, 6) is -1.21. The second-order valence-corrected chi connectivity index (χ2v) is 4.01. The predicted octanol–water partition coefficient (Wildman–Crippen LogP) is 2.96. The van der Waals surface area contributed by atoms with Crippen molar-refractivity contribution >= 4 is 23.8 Å². The smallest absolute Gasteiger partial charge is 0.346 e. The van der Waals surface area contributed by atoms with Crippen LogP contribution in [0.2, 0.25) is 0 Å². The van der Waals surface area contributed by atoms with Gasteiger partial charge in [0.05, 0.1) is 0 Å². The van der Waals surface area contributed by atoms with E-state index >= 15 is 0 Å². The second-order valence-electron chi connectivity index (χ2n) is 3.13. The Morgan fingerprint density at radius 3 is 2.53 bits per heavy atom. The van der Waals surface area contributed by atoms with Gasteiger partial charge in [0.25, 0.3) is 0 Å². The van der Waals surface area contributed by atoms with Gasteiger partial charge in [-0.3, -0.25) is 0 Å². The van der Waals surface area contributed by atoms with Crippen LogP contribution in [0.5, 0.6) is 0 Å². The molecule has 0 fully saturated rings. The van der Waals surface area contributed by atoms with Crippen molar-refractivity contribution in [1.82, 2.24) is 0 Å². The fourth-order valence-electron chi connectivity index (χ4n) is 1.13. The van der Waals surface area contributed by atoms with Gasteiger partial charge < -0.3 is 5.11 Å². The number of carbonyl (C=O) groups is 1. The number of nitriles is 1. The van der Waals surface area contributed by atoms with Crippen LogP contribution in [-0.2, 0) is 4.79 Å². The predicted molar refractivity (Wildman–Crippen MR) is 68.6 cm³/mol. The number of carboxylic acids is 1. The Kier molecular flexibility index (Phi) is 5.05. The van der Waals surface area contributed by atoms with E-state index < -0.39 is 5.97 Å². The van der Waals surface area contributed by atoms with Gasteiger partial charge in [0.2, 0.25) is 0 Å². The summed E-state index contributed by atoms with van der Waals surface area (Å²) in [6, 6.07) is 9.45. The highest BCUT2D eigenvalue weighted by Gasteiger charge is 2.02. The minimum atomic E-state index is -1.21. The molecule has 0 heterocycles. The topological polar surface area (TPSA) is 61.1 Å². The molecule has 0 unspecified atom stereocenters. The lowest BCUT2D eigenvalue weighted by Gasteiger charge is -1.96. The lowest BCUT2D eigenvalue weighted by atomic mass is 10.2. The molecule has 0 atom stereocenters. The summed E-state index contributed by atoms with van der Waals surface area (Å²) >= 11 is 1.66. The van der Waals surface area contributed by atoms with E-state index in [1.807, 2.05) is 30.5 Å². The van der Waals surface area contributed by atoms with Crippen LogP contribution >= 0.6 is 11.8 Å². The maximum absolute atomic E-state index is 10.5. The first-order chi connectivity index (χ1) is 8.17. The van der Waals surface area contributed by atoms with E-state index in [4.69, 9.17) is 10.4 Å². The number of rotatable bonds is 4. The van der Waals surface area contributed by atoms with Gasteiger partial charge in [0.1, 0.15) is 11.6 Å². The van der Waals surface area contributed by atoms with Crippen LogP contribution in [0.15, 0.2) is 46.9 Å². The van der Waals surface area contributed by atoms with Crippen molar-refractivity contribution in [2.45, 2.75) is 4.90 Å². The molecule has 0 aliphatic rings. The summed E-state index contributed by atoms with van der Waals surface area (Å²) in [5.41, 5.74) is 0.684. The fraction of sp³-hybridized carbons (Fsp3) is 0.0769. The van der Waals surface area contributed by atoms with Crippen LogP contribution in [0.3, 0.4) is 0 Å². The zero-order valence-corrected chi connectivity index (χ0v) is 10.1. The molecule has 3 nitrogen and oxygen atoms in total. The van der Waals surface area contributed by atoms with Crippen molar-refractivity contribution in [1.29, 1.82) is 5.26 Å². The van der Waals surface area contributed by atoms with Crippen molar-refractivity contribution in [3.63, 3.8) is 0 Å². The molecule has 86 valence electrons. The van der Waals surface area contributed by atoms with E-state index in [1.54, 1.807) is 30.0 Å². The minimum Gasteiger partial charge on any atom is -0.477 e.